The Morgan fingerprint density at radius 2 is 1.65 bits per heavy atom. The van der Waals surface area contributed by atoms with Crippen LogP contribution in [0.15, 0.2) is 53.4 Å². The lowest BCUT2D eigenvalue weighted by atomic mass is 9.80. The zero-order chi connectivity index (χ0) is 26.8. The van der Waals surface area contributed by atoms with Crippen LogP contribution in [0.5, 0.6) is 0 Å². The molecular formula is C26H30F3N3O4S. The molecule has 7 nitrogen and oxygen atoms in total. The highest BCUT2D eigenvalue weighted by atomic mass is 32.2. The summed E-state index contributed by atoms with van der Waals surface area (Å²) in [6.45, 7) is 0.926. The van der Waals surface area contributed by atoms with Crippen molar-refractivity contribution in [2.45, 2.75) is 54.8 Å². The zero-order valence-corrected chi connectivity index (χ0v) is 21.2. The summed E-state index contributed by atoms with van der Waals surface area (Å²) < 4.78 is 63.1. The maximum absolute atomic E-state index is 13.1. The second kappa shape index (κ2) is 10.8. The average Bonchev–Trinajstić information content (AvgIpc) is 2.83. The standard InChI is InChI=1S/C26H30F3N3O4S/c1-37(35,36)23-12-9-19(26(27,28)29)13-22(23)25(34)30-14-24(33)31-20-15-32(16-20)21-10-7-18(8-11-21)17-5-3-2-4-6-17/h2-6,9,12-13,18,20-21H,7-8,10-11,14-16H2,1H3,(H,30,34)(H,31,33). The smallest absolute Gasteiger partial charge is 0.349 e. The van der Waals surface area contributed by atoms with Gasteiger partial charge in [-0.2, -0.15) is 13.2 Å². The lowest BCUT2D eigenvalue weighted by molar-refractivity contribution is -0.137. The number of halogens is 3. The molecule has 1 heterocycles. The molecule has 1 aliphatic carbocycles. The number of alkyl halides is 3. The van der Waals surface area contributed by atoms with E-state index in [0.29, 0.717) is 37.2 Å². The van der Waals surface area contributed by atoms with Gasteiger partial charge in [0.15, 0.2) is 9.84 Å². The van der Waals surface area contributed by atoms with Crippen molar-refractivity contribution in [2.24, 2.45) is 0 Å². The van der Waals surface area contributed by atoms with E-state index in [9.17, 15) is 31.2 Å². The Morgan fingerprint density at radius 1 is 1.00 bits per heavy atom. The number of carbonyl (C=O) groups excluding carboxylic acids is 2. The van der Waals surface area contributed by atoms with Gasteiger partial charge in [0.05, 0.1) is 28.6 Å². The summed E-state index contributed by atoms with van der Waals surface area (Å²) in [4.78, 5) is 26.7. The van der Waals surface area contributed by atoms with E-state index in [1.165, 1.54) is 5.56 Å². The normalized spacial score (nSPS) is 21.2. The van der Waals surface area contributed by atoms with E-state index < -0.39 is 50.4 Å². The Labute approximate surface area is 214 Å². The van der Waals surface area contributed by atoms with E-state index in [4.69, 9.17) is 0 Å². The number of amides is 2. The quantitative estimate of drug-likeness (QED) is 0.565. The van der Waals surface area contributed by atoms with E-state index in [2.05, 4.69) is 39.8 Å². The third-order valence-electron chi connectivity index (χ3n) is 7.12. The largest absolute Gasteiger partial charge is 0.416 e. The molecule has 2 aliphatic rings. The molecule has 0 unspecified atom stereocenters. The number of hydrogen-bond donors (Lipinski definition) is 2. The number of nitrogens with zero attached hydrogens (tertiary/aromatic N) is 1. The fraction of sp³-hybridized carbons (Fsp3) is 0.462. The van der Waals surface area contributed by atoms with Crippen molar-refractivity contribution >= 4 is 21.7 Å². The van der Waals surface area contributed by atoms with Crippen molar-refractivity contribution in [3.63, 3.8) is 0 Å². The summed E-state index contributed by atoms with van der Waals surface area (Å²) in [6, 6.07) is 12.8. The third-order valence-corrected chi connectivity index (χ3v) is 8.27. The lowest BCUT2D eigenvalue weighted by Gasteiger charge is -2.46. The molecule has 2 fully saturated rings. The van der Waals surface area contributed by atoms with Crippen LogP contribution in [-0.2, 0) is 20.8 Å². The van der Waals surface area contributed by atoms with E-state index in [1.54, 1.807) is 0 Å². The molecule has 0 aromatic heterocycles. The molecule has 0 atom stereocenters. The van der Waals surface area contributed by atoms with Crippen molar-refractivity contribution in [1.82, 2.24) is 15.5 Å². The maximum atomic E-state index is 13.1. The third kappa shape index (κ3) is 6.70. The molecule has 0 spiro atoms. The molecule has 1 saturated heterocycles. The first-order valence-corrected chi connectivity index (χ1v) is 14.1. The highest BCUT2D eigenvalue weighted by molar-refractivity contribution is 7.90. The highest BCUT2D eigenvalue weighted by Crippen LogP contribution is 2.36. The first kappa shape index (κ1) is 27.1. The Morgan fingerprint density at radius 3 is 2.24 bits per heavy atom. The van der Waals surface area contributed by atoms with Gasteiger partial charge in [-0.1, -0.05) is 30.3 Å². The van der Waals surface area contributed by atoms with Gasteiger partial charge < -0.3 is 10.6 Å². The molecule has 1 saturated carbocycles. The Kier molecular flexibility index (Phi) is 7.94. The predicted molar refractivity (Wildman–Crippen MR) is 132 cm³/mol. The van der Waals surface area contributed by atoms with Crippen LogP contribution in [0.4, 0.5) is 13.2 Å². The summed E-state index contributed by atoms with van der Waals surface area (Å²) >= 11 is 0. The van der Waals surface area contributed by atoms with Gasteiger partial charge in [0.25, 0.3) is 5.91 Å². The summed E-state index contributed by atoms with van der Waals surface area (Å²) in [7, 11) is -3.96. The molecule has 2 N–H and O–H groups in total. The topological polar surface area (TPSA) is 95.6 Å². The van der Waals surface area contributed by atoms with Crippen molar-refractivity contribution in [3.8, 4) is 0 Å². The molecule has 0 radical (unpaired) electrons. The Balaban J connectivity index is 1.24. The second-order valence-corrected chi connectivity index (χ2v) is 11.8. The fourth-order valence-electron chi connectivity index (χ4n) is 5.14. The monoisotopic (exact) mass is 537 g/mol. The molecular weight excluding hydrogens is 507 g/mol. The van der Waals surface area contributed by atoms with E-state index in [1.807, 2.05) is 6.07 Å². The predicted octanol–water partition coefficient (Wildman–Crippen LogP) is 3.37. The molecule has 1 aliphatic heterocycles. The van der Waals surface area contributed by atoms with Crippen molar-refractivity contribution in [1.29, 1.82) is 0 Å². The van der Waals surface area contributed by atoms with E-state index >= 15 is 0 Å². The number of hydrogen-bond acceptors (Lipinski definition) is 5. The lowest BCUT2D eigenvalue weighted by Crippen LogP contribution is -2.63. The van der Waals surface area contributed by atoms with Crippen LogP contribution in [0.3, 0.4) is 0 Å². The summed E-state index contributed by atoms with van der Waals surface area (Å²) in [5, 5.41) is 5.06. The molecule has 4 rings (SSSR count). The summed E-state index contributed by atoms with van der Waals surface area (Å²) in [5.41, 5.74) is -0.418. The van der Waals surface area contributed by atoms with Crippen LogP contribution >= 0.6 is 0 Å². The summed E-state index contributed by atoms with van der Waals surface area (Å²) in [5.74, 6) is -0.969. The number of sulfone groups is 1. The molecule has 200 valence electrons. The van der Waals surface area contributed by atoms with Gasteiger partial charge in [-0.05, 0) is 55.4 Å². The van der Waals surface area contributed by atoms with Gasteiger partial charge in [-0.15, -0.1) is 0 Å². The van der Waals surface area contributed by atoms with Gasteiger partial charge in [0.2, 0.25) is 5.91 Å². The van der Waals surface area contributed by atoms with Crippen molar-refractivity contribution in [2.75, 3.05) is 25.9 Å². The van der Waals surface area contributed by atoms with Crippen LogP contribution in [0.2, 0.25) is 0 Å². The number of rotatable bonds is 7. The van der Waals surface area contributed by atoms with E-state index in [0.717, 1.165) is 38.0 Å². The number of benzene rings is 2. The van der Waals surface area contributed by atoms with Crippen LogP contribution in [0.1, 0.15) is 53.1 Å². The Bertz CT molecular complexity index is 1240. The number of nitrogens with one attached hydrogen (secondary N) is 2. The SMILES string of the molecule is CS(=O)(=O)c1ccc(C(F)(F)F)cc1C(=O)NCC(=O)NC1CN(C2CCC(c3ccccc3)CC2)C1. The first-order valence-electron chi connectivity index (χ1n) is 12.2. The number of likely N-dealkylation sites (tertiary alicyclic amines) is 1. The van der Waals surface area contributed by atoms with Gasteiger partial charge in [0.1, 0.15) is 0 Å². The van der Waals surface area contributed by atoms with Gasteiger partial charge in [-0.3, -0.25) is 14.5 Å². The molecule has 11 heteroatoms. The van der Waals surface area contributed by atoms with Gasteiger partial charge in [0, 0.05) is 25.4 Å². The van der Waals surface area contributed by atoms with Crippen LogP contribution in [0, 0.1) is 0 Å². The molecule has 2 amide bonds. The van der Waals surface area contributed by atoms with Crippen molar-refractivity contribution < 1.29 is 31.2 Å². The first-order chi connectivity index (χ1) is 17.4. The minimum Gasteiger partial charge on any atom is -0.349 e. The fourth-order valence-corrected chi connectivity index (χ4v) is 6.01. The van der Waals surface area contributed by atoms with Crippen LogP contribution < -0.4 is 10.6 Å². The minimum absolute atomic E-state index is 0.0728. The molecule has 0 bridgehead atoms. The average molecular weight is 538 g/mol. The molecule has 2 aromatic rings. The van der Waals surface area contributed by atoms with Crippen LogP contribution in [-0.4, -0.2) is 63.1 Å². The highest BCUT2D eigenvalue weighted by Gasteiger charge is 2.36. The minimum atomic E-state index is -4.75. The van der Waals surface area contributed by atoms with Crippen molar-refractivity contribution in [3.05, 3.63) is 65.2 Å². The molecule has 2 aromatic carbocycles. The zero-order valence-electron chi connectivity index (χ0n) is 20.4. The number of carbonyl (C=O) groups is 2. The van der Waals surface area contributed by atoms with Gasteiger partial charge >= 0.3 is 6.18 Å². The maximum Gasteiger partial charge on any atom is 0.416 e. The second-order valence-electron chi connectivity index (χ2n) is 9.80. The van der Waals surface area contributed by atoms with E-state index in [-0.39, 0.29) is 6.04 Å². The molecule has 37 heavy (non-hydrogen) atoms. The summed E-state index contributed by atoms with van der Waals surface area (Å²) in [6.07, 6.45) is 0.485. The van der Waals surface area contributed by atoms with Crippen LogP contribution in [0.25, 0.3) is 0 Å². The Hall–Kier alpha value is -2.92. The van der Waals surface area contributed by atoms with Gasteiger partial charge in [-0.25, -0.2) is 8.42 Å².